The van der Waals surface area contributed by atoms with Gasteiger partial charge in [0.15, 0.2) is 0 Å². The van der Waals surface area contributed by atoms with Crippen LogP contribution in [0.5, 0.6) is 5.75 Å². The summed E-state index contributed by atoms with van der Waals surface area (Å²) in [7, 11) is 0. The fourth-order valence-corrected chi connectivity index (χ4v) is 2.63. The molecule has 1 heterocycles. The Hall–Kier alpha value is -1.62. The Kier molecular flexibility index (Phi) is 5.35. The summed E-state index contributed by atoms with van der Waals surface area (Å²) in [6.07, 6.45) is 8.11. The zero-order valence-electron chi connectivity index (χ0n) is 11.9. The molecule has 1 aromatic rings. The largest absolute Gasteiger partial charge is 0.505 e. The molecule has 0 atom stereocenters. The normalized spacial score (nSPS) is 22.4. The number of nitrogens with one attached hydrogen (secondary N) is 2. The number of amides is 1. The van der Waals surface area contributed by atoms with Crippen molar-refractivity contribution < 1.29 is 9.90 Å². The summed E-state index contributed by atoms with van der Waals surface area (Å²) in [6, 6.07) is 2.33. The first-order valence-electron chi connectivity index (χ1n) is 7.38. The van der Waals surface area contributed by atoms with E-state index in [1.165, 1.54) is 12.4 Å². The molecule has 0 spiro atoms. The van der Waals surface area contributed by atoms with Crippen LogP contribution in [-0.4, -0.2) is 34.6 Å². The minimum Gasteiger partial charge on any atom is -0.505 e. The van der Waals surface area contributed by atoms with Crippen molar-refractivity contribution in [1.82, 2.24) is 15.6 Å². The summed E-state index contributed by atoms with van der Waals surface area (Å²) in [5, 5.41) is 16.1. The average molecular weight is 277 g/mol. The molecule has 1 aliphatic carbocycles. The number of rotatable bonds is 5. The van der Waals surface area contributed by atoms with Gasteiger partial charge in [-0.05, 0) is 44.7 Å². The molecule has 1 aromatic heterocycles. The third kappa shape index (κ3) is 3.93. The molecule has 0 aromatic carbocycles. The second-order valence-electron chi connectivity index (χ2n) is 5.37. The van der Waals surface area contributed by atoms with Crippen molar-refractivity contribution in [3.63, 3.8) is 0 Å². The molecule has 20 heavy (non-hydrogen) atoms. The molecule has 0 aliphatic heterocycles. The van der Waals surface area contributed by atoms with Gasteiger partial charge in [0.1, 0.15) is 5.75 Å². The molecule has 1 aliphatic rings. The Morgan fingerprint density at radius 1 is 1.35 bits per heavy atom. The molecule has 5 nitrogen and oxygen atoms in total. The number of hydrogen-bond donors (Lipinski definition) is 3. The van der Waals surface area contributed by atoms with Crippen LogP contribution < -0.4 is 10.6 Å². The van der Waals surface area contributed by atoms with Crippen molar-refractivity contribution in [1.29, 1.82) is 0 Å². The molecule has 1 amide bonds. The van der Waals surface area contributed by atoms with Crippen LogP contribution in [0.2, 0.25) is 0 Å². The molecule has 1 fully saturated rings. The Morgan fingerprint density at radius 2 is 2.05 bits per heavy atom. The van der Waals surface area contributed by atoms with Crippen molar-refractivity contribution in [2.75, 3.05) is 6.54 Å². The summed E-state index contributed by atoms with van der Waals surface area (Å²) >= 11 is 0. The van der Waals surface area contributed by atoms with E-state index in [0.29, 0.717) is 11.6 Å². The van der Waals surface area contributed by atoms with Crippen LogP contribution in [-0.2, 0) is 0 Å². The van der Waals surface area contributed by atoms with E-state index in [9.17, 15) is 9.90 Å². The van der Waals surface area contributed by atoms with Crippen LogP contribution >= 0.6 is 0 Å². The lowest BCUT2D eigenvalue weighted by molar-refractivity contribution is 0.0921. The predicted molar refractivity (Wildman–Crippen MR) is 77.7 cm³/mol. The monoisotopic (exact) mass is 277 g/mol. The summed E-state index contributed by atoms with van der Waals surface area (Å²) in [4.78, 5) is 15.8. The van der Waals surface area contributed by atoms with E-state index in [-0.39, 0.29) is 17.7 Å². The lowest BCUT2D eigenvalue weighted by Gasteiger charge is -2.29. The number of hydrogen-bond acceptors (Lipinski definition) is 4. The quantitative estimate of drug-likeness (QED) is 0.767. The second-order valence-corrected chi connectivity index (χ2v) is 5.37. The Labute approximate surface area is 119 Å². The number of aromatic nitrogens is 1. The lowest BCUT2D eigenvalue weighted by atomic mass is 9.91. The molecule has 3 N–H and O–H groups in total. The topological polar surface area (TPSA) is 74.2 Å². The number of aromatic hydroxyl groups is 1. The highest BCUT2D eigenvalue weighted by Gasteiger charge is 2.23. The van der Waals surface area contributed by atoms with Crippen LogP contribution in [0, 0.1) is 0 Å². The van der Waals surface area contributed by atoms with Crippen molar-refractivity contribution in [3.8, 4) is 5.75 Å². The van der Waals surface area contributed by atoms with Crippen LogP contribution in [0.1, 0.15) is 49.4 Å². The fraction of sp³-hybridized carbons (Fsp3) is 0.600. The molecule has 2 rings (SSSR count). The van der Waals surface area contributed by atoms with E-state index < -0.39 is 0 Å². The fourth-order valence-electron chi connectivity index (χ4n) is 2.63. The van der Waals surface area contributed by atoms with Crippen LogP contribution in [0.3, 0.4) is 0 Å². The number of pyridine rings is 1. The molecule has 0 unspecified atom stereocenters. The molecular formula is C15H23N3O2. The zero-order valence-corrected chi connectivity index (χ0v) is 11.9. The maximum absolute atomic E-state index is 12.1. The van der Waals surface area contributed by atoms with Gasteiger partial charge in [0.05, 0.1) is 11.8 Å². The van der Waals surface area contributed by atoms with Crippen molar-refractivity contribution in [2.45, 2.75) is 51.1 Å². The summed E-state index contributed by atoms with van der Waals surface area (Å²) in [5.41, 5.74) is 0.297. The van der Waals surface area contributed by atoms with Gasteiger partial charge < -0.3 is 15.7 Å². The first-order chi connectivity index (χ1) is 9.70. The lowest BCUT2D eigenvalue weighted by Crippen LogP contribution is -2.42. The van der Waals surface area contributed by atoms with Crippen LogP contribution in [0.4, 0.5) is 0 Å². The van der Waals surface area contributed by atoms with Gasteiger partial charge in [-0.3, -0.25) is 9.78 Å². The molecule has 5 heteroatoms. The van der Waals surface area contributed by atoms with Crippen LogP contribution in [0.15, 0.2) is 18.5 Å². The SMILES string of the molecule is CCCNC1CCC(NC(=O)c2ccncc2O)CC1. The minimum atomic E-state index is -0.213. The van der Waals surface area contributed by atoms with Gasteiger partial charge in [-0.1, -0.05) is 6.92 Å². The Balaban J connectivity index is 1.81. The van der Waals surface area contributed by atoms with E-state index in [1.807, 2.05) is 0 Å². The van der Waals surface area contributed by atoms with Gasteiger partial charge in [-0.25, -0.2) is 0 Å². The molecule has 0 saturated heterocycles. The third-order valence-corrected chi connectivity index (χ3v) is 3.79. The number of nitrogens with zero attached hydrogens (tertiary/aromatic N) is 1. The summed E-state index contributed by atoms with van der Waals surface area (Å²) < 4.78 is 0. The molecule has 0 radical (unpaired) electrons. The Bertz CT molecular complexity index is 442. The van der Waals surface area contributed by atoms with Gasteiger partial charge in [-0.15, -0.1) is 0 Å². The van der Waals surface area contributed by atoms with Gasteiger partial charge in [0, 0.05) is 18.3 Å². The predicted octanol–water partition coefficient (Wildman–Crippen LogP) is 1.83. The first-order valence-corrected chi connectivity index (χ1v) is 7.38. The number of carbonyl (C=O) groups is 1. The molecule has 1 saturated carbocycles. The average Bonchev–Trinajstić information content (AvgIpc) is 2.47. The maximum atomic E-state index is 12.1. The van der Waals surface area contributed by atoms with Crippen molar-refractivity contribution in [3.05, 3.63) is 24.0 Å². The third-order valence-electron chi connectivity index (χ3n) is 3.79. The summed E-state index contributed by atoms with van der Waals surface area (Å²) in [6.45, 7) is 3.23. The minimum absolute atomic E-state index is 0.0664. The van der Waals surface area contributed by atoms with Gasteiger partial charge in [0.2, 0.25) is 0 Å². The highest BCUT2D eigenvalue weighted by molar-refractivity contribution is 5.96. The van der Waals surface area contributed by atoms with E-state index in [1.54, 1.807) is 6.07 Å². The van der Waals surface area contributed by atoms with Gasteiger partial charge in [0.25, 0.3) is 5.91 Å². The zero-order chi connectivity index (χ0) is 14.4. The smallest absolute Gasteiger partial charge is 0.255 e. The molecule has 110 valence electrons. The summed E-state index contributed by atoms with van der Waals surface area (Å²) in [5.74, 6) is -0.279. The van der Waals surface area contributed by atoms with Crippen LogP contribution in [0.25, 0.3) is 0 Å². The highest BCUT2D eigenvalue weighted by atomic mass is 16.3. The second kappa shape index (κ2) is 7.24. The highest BCUT2D eigenvalue weighted by Crippen LogP contribution is 2.20. The standard InChI is InChI=1S/C15H23N3O2/c1-2-8-17-11-3-5-12(6-4-11)18-15(20)13-7-9-16-10-14(13)19/h7,9-12,17,19H,2-6,8H2,1H3,(H,18,20). The van der Waals surface area contributed by atoms with E-state index in [4.69, 9.17) is 0 Å². The maximum Gasteiger partial charge on any atom is 0.255 e. The van der Waals surface area contributed by atoms with E-state index >= 15 is 0 Å². The van der Waals surface area contributed by atoms with E-state index in [0.717, 1.165) is 38.6 Å². The van der Waals surface area contributed by atoms with Crippen molar-refractivity contribution >= 4 is 5.91 Å². The van der Waals surface area contributed by atoms with Crippen molar-refractivity contribution in [2.24, 2.45) is 0 Å². The van der Waals surface area contributed by atoms with Gasteiger partial charge >= 0.3 is 0 Å². The Morgan fingerprint density at radius 3 is 2.70 bits per heavy atom. The first kappa shape index (κ1) is 14.8. The number of carbonyl (C=O) groups excluding carboxylic acids is 1. The molecular weight excluding hydrogens is 254 g/mol. The van der Waals surface area contributed by atoms with E-state index in [2.05, 4.69) is 22.5 Å². The molecule has 0 bridgehead atoms. The van der Waals surface area contributed by atoms with Gasteiger partial charge in [-0.2, -0.15) is 0 Å².